The van der Waals surface area contributed by atoms with Crippen LogP contribution in [-0.4, -0.2) is 19.9 Å². The molecule has 1 aromatic rings. The Balaban J connectivity index is 3.10. The Morgan fingerprint density at radius 1 is 1.25 bits per heavy atom. The van der Waals surface area contributed by atoms with E-state index in [4.69, 9.17) is 5.73 Å². The lowest BCUT2D eigenvalue weighted by Gasteiger charge is -2.20. The SMILES string of the molecule is Cc1ccc(C(N)C(C)S(C)(=O)=O)c(C)c1. The van der Waals surface area contributed by atoms with Crippen LogP contribution in [0.5, 0.6) is 0 Å². The average Bonchev–Trinajstić information content (AvgIpc) is 2.14. The molecule has 16 heavy (non-hydrogen) atoms. The molecule has 2 atom stereocenters. The first-order valence-corrected chi connectivity index (χ1v) is 7.20. The summed E-state index contributed by atoms with van der Waals surface area (Å²) in [6.45, 7) is 5.61. The van der Waals surface area contributed by atoms with Gasteiger partial charge in [0.05, 0.1) is 5.25 Å². The summed E-state index contributed by atoms with van der Waals surface area (Å²) in [5.74, 6) is 0. The molecule has 0 aliphatic rings. The second-order valence-electron chi connectivity index (χ2n) is 4.42. The molecule has 2 unspecified atom stereocenters. The van der Waals surface area contributed by atoms with Crippen LogP contribution in [0, 0.1) is 13.8 Å². The molecule has 0 saturated carbocycles. The van der Waals surface area contributed by atoms with Crippen LogP contribution in [0.3, 0.4) is 0 Å². The lowest BCUT2D eigenvalue weighted by Crippen LogP contribution is -2.30. The molecular weight excluding hydrogens is 222 g/mol. The zero-order valence-electron chi connectivity index (χ0n) is 10.2. The van der Waals surface area contributed by atoms with Crippen molar-refractivity contribution in [1.29, 1.82) is 0 Å². The minimum absolute atomic E-state index is 0.462. The van der Waals surface area contributed by atoms with Gasteiger partial charge in [0.2, 0.25) is 0 Å². The predicted molar refractivity (Wildman–Crippen MR) is 67.2 cm³/mol. The molecule has 2 N–H and O–H groups in total. The fourth-order valence-electron chi connectivity index (χ4n) is 1.72. The van der Waals surface area contributed by atoms with Crippen LogP contribution < -0.4 is 5.73 Å². The minimum Gasteiger partial charge on any atom is -0.323 e. The average molecular weight is 241 g/mol. The second-order valence-corrected chi connectivity index (χ2v) is 6.82. The predicted octanol–water partition coefficient (Wildman–Crippen LogP) is 1.74. The van der Waals surface area contributed by atoms with Gasteiger partial charge in [-0.2, -0.15) is 0 Å². The number of hydrogen-bond acceptors (Lipinski definition) is 3. The van der Waals surface area contributed by atoms with Gasteiger partial charge in [-0.05, 0) is 31.9 Å². The molecule has 0 spiro atoms. The fraction of sp³-hybridized carbons (Fsp3) is 0.500. The number of rotatable bonds is 3. The van der Waals surface area contributed by atoms with Crippen molar-refractivity contribution in [1.82, 2.24) is 0 Å². The highest BCUT2D eigenvalue weighted by atomic mass is 32.2. The summed E-state index contributed by atoms with van der Waals surface area (Å²) in [5.41, 5.74) is 9.10. The van der Waals surface area contributed by atoms with Crippen LogP contribution in [0.25, 0.3) is 0 Å². The van der Waals surface area contributed by atoms with Gasteiger partial charge in [-0.15, -0.1) is 0 Å². The van der Waals surface area contributed by atoms with Gasteiger partial charge in [0.1, 0.15) is 0 Å². The summed E-state index contributed by atoms with van der Waals surface area (Å²) in [5, 5.41) is -0.561. The molecule has 3 nitrogen and oxygen atoms in total. The zero-order valence-corrected chi connectivity index (χ0v) is 11.0. The molecule has 0 heterocycles. The summed E-state index contributed by atoms with van der Waals surface area (Å²) >= 11 is 0. The maximum absolute atomic E-state index is 11.4. The molecular formula is C12H19NO2S. The van der Waals surface area contributed by atoms with Gasteiger partial charge in [-0.3, -0.25) is 0 Å². The first kappa shape index (κ1) is 13.2. The van der Waals surface area contributed by atoms with E-state index in [9.17, 15) is 8.42 Å². The van der Waals surface area contributed by atoms with Gasteiger partial charge in [0, 0.05) is 12.3 Å². The summed E-state index contributed by atoms with van der Waals surface area (Å²) in [4.78, 5) is 0. The first-order valence-electron chi connectivity index (χ1n) is 5.25. The third-order valence-corrected chi connectivity index (χ3v) is 4.61. The Hall–Kier alpha value is -0.870. The molecule has 90 valence electrons. The molecule has 1 aromatic carbocycles. The van der Waals surface area contributed by atoms with Crippen molar-refractivity contribution >= 4 is 9.84 Å². The Bertz CT molecular complexity index is 480. The summed E-state index contributed by atoms with van der Waals surface area (Å²) in [7, 11) is -3.10. The van der Waals surface area contributed by atoms with Crippen LogP contribution in [0.2, 0.25) is 0 Å². The topological polar surface area (TPSA) is 60.2 Å². The highest BCUT2D eigenvalue weighted by Gasteiger charge is 2.24. The number of benzene rings is 1. The van der Waals surface area contributed by atoms with Crippen molar-refractivity contribution in [3.8, 4) is 0 Å². The van der Waals surface area contributed by atoms with Crippen LogP contribution in [0.1, 0.15) is 29.7 Å². The van der Waals surface area contributed by atoms with E-state index in [1.54, 1.807) is 6.92 Å². The quantitative estimate of drug-likeness (QED) is 0.876. The smallest absolute Gasteiger partial charge is 0.151 e. The lowest BCUT2D eigenvalue weighted by atomic mass is 9.98. The molecule has 1 rings (SSSR count). The molecule has 4 heteroatoms. The monoisotopic (exact) mass is 241 g/mol. The third kappa shape index (κ3) is 2.83. The van der Waals surface area contributed by atoms with Crippen LogP contribution in [0.4, 0.5) is 0 Å². The van der Waals surface area contributed by atoms with Crippen LogP contribution in [-0.2, 0) is 9.84 Å². The molecule has 0 aromatic heterocycles. The van der Waals surface area contributed by atoms with Crippen molar-refractivity contribution < 1.29 is 8.42 Å². The molecule has 0 aliphatic carbocycles. The maximum Gasteiger partial charge on any atom is 0.151 e. The largest absolute Gasteiger partial charge is 0.323 e. The highest BCUT2D eigenvalue weighted by molar-refractivity contribution is 7.91. The van der Waals surface area contributed by atoms with Crippen molar-refractivity contribution in [2.75, 3.05) is 6.26 Å². The summed E-state index contributed by atoms with van der Waals surface area (Å²) < 4.78 is 22.9. The standard InChI is InChI=1S/C12H19NO2S/c1-8-5-6-11(9(2)7-8)12(13)10(3)16(4,14)15/h5-7,10,12H,13H2,1-4H3. The molecule has 0 fully saturated rings. The lowest BCUT2D eigenvalue weighted by molar-refractivity contribution is 0.570. The minimum atomic E-state index is -3.10. The number of hydrogen-bond donors (Lipinski definition) is 1. The van der Waals surface area contributed by atoms with E-state index in [1.165, 1.54) is 6.26 Å². The van der Waals surface area contributed by atoms with E-state index >= 15 is 0 Å². The molecule has 0 radical (unpaired) electrons. The van der Waals surface area contributed by atoms with Gasteiger partial charge >= 0.3 is 0 Å². The van der Waals surface area contributed by atoms with Gasteiger partial charge in [-0.25, -0.2) is 8.42 Å². The third-order valence-electron chi connectivity index (χ3n) is 2.97. The van der Waals surface area contributed by atoms with E-state index in [1.807, 2.05) is 32.0 Å². The van der Waals surface area contributed by atoms with Crippen LogP contribution >= 0.6 is 0 Å². The maximum atomic E-state index is 11.4. The Labute approximate surface area is 97.6 Å². The van der Waals surface area contributed by atoms with Crippen molar-refractivity contribution in [2.24, 2.45) is 5.73 Å². The number of sulfone groups is 1. The van der Waals surface area contributed by atoms with E-state index in [0.29, 0.717) is 0 Å². The summed E-state index contributed by atoms with van der Waals surface area (Å²) in [6, 6.07) is 5.42. The van der Waals surface area contributed by atoms with Crippen molar-refractivity contribution in [3.63, 3.8) is 0 Å². The Morgan fingerprint density at radius 3 is 2.25 bits per heavy atom. The van der Waals surface area contributed by atoms with Gasteiger partial charge in [-0.1, -0.05) is 23.8 Å². The first-order chi connectivity index (χ1) is 7.23. The second kappa shape index (κ2) is 4.55. The van der Waals surface area contributed by atoms with E-state index in [2.05, 4.69) is 0 Å². The Kier molecular flexibility index (Phi) is 3.76. The van der Waals surface area contributed by atoms with E-state index in [-0.39, 0.29) is 0 Å². The molecule has 0 amide bonds. The van der Waals surface area contributed by atoms with Gasteiger partial charge in [0.25, 0.3) is 0 Å². The van der Waals surface area contributed by atoms with Crippen molar-refractivity contribution in [3.05, 3.63) is 34.9 Å². The summed E-state index contributed by atoms with van der Waals surface area (Å²) in [6.07, 6.45) is 1.22. The molecule has 0 aliphatic heterocycles. The van der Waals surface area contributed by atoms with Crippen molar-refractivity contribution in [2.45, 2.75) is 32.1 Å². The van der Waals surface area contributed by atoms with Crippen LogP contribution in [0.15, 0.2) is 18.2 Å². The molecule has 0 saturated heterocycles. The Morgan fingerprint density at radius 2 is 1.81 bits per heavy atom. The van der Waals surface area contributed by atoms with E-state index in [0.717, 1.165) is 16.7 Å². The highest BCUT2D eigenvalue weighted by Crippen LogP contribution is 2.23. The molecule has 0 bridgehead atoms. The zero-order chi connectivity index (χ0) is 12.5. The van der Waals surface area contributed by atoms with Gasteiger partial charge in [0.15, 0.2) is 9.84 Å². The number of aryl methyl sites for hydroxylation is 2. The normalized spacial score (nSPS) is 15.8. The fourth-order valence-corrected chi connectivity index (χ4v) is 2.40. The number of nitrogens with two attached hydrogens (primary N) is 1. The van der Waals surface area contributed by atoms with Gasteiger partial charge < -0.3 is 5.73 Å². The van der Waals surface area contributed by atoms with E-state index < -0.39 is 21.1 Å².